The number of rotatable bonds is 10. The van der Waals surface area contributed by atoms with Crippen LogP contribution in [0.25, 0.3) is 0 Å². The van der Waals surface area contributed by atoms with Crippen molar-refractivity contribution in [2.45, 2.75) is 45.7 Å². The highest BCUT2D eigenvalue weighted by Gasteiger charge is 2.29. The van der Waals surface area contributed by atoms with Crippen molar-refractivity contribution in [1.29, 1.82) is 0 Å². The van der Waals surface area contributed by atoms with Gasteiger partial charge >= 0.3 is 0 Å². The van der Waals surface area contributed by atoms with Gasteiger partial charge in [-0.2, -0.15) is 0 Å². The van der Waals surface area contributed by atoms with Crippen molar-refractivity contribution in [2.24, 2.45) is 11.8 Å². The van der Waals surface area contributed by atoms with Gasteiger partial charge < -0.3 is 35.5 Å². The molecule has 11 heteroatoms. The fourth-order valence-corrected chi connectivity index (χ4v) is 4.19. The maximum Gasteiger partial charge on any atom is 0.252 e. The highest BCUT2D eigenvalue weighted by atomic mass is 16.7. The summed E-state index contributed by atoms with van der Waals surface area (Å²) >= 11 is 0. The number of hydrogen-bond acceptors (Lipinski definition) is 7. The SMILES string of the molecule is CC(C)C(NC(=O)c1ccc2c(c1)OCO2)C(=O)NCC(=O)NC(C=O)CC1CCNC1=O.Cc1ccccc1. The number of carbonyl (C=O) groups is 5. The molecule has 4 amide bonds. The average molecular weight is 553 g/mol. The monoisotopic (exact) mass is 552 g/mol. The minimum absolute atomic E-state index is 0.0817. The van der Waals surface area contributed by atoms with Crippen LogP contribution in [0.3, 0.4) is 0 Å². The Bertz CT molecular complexity index is 1200. The molecule has 3 atom stereocenters. The summed E-state index contributed by atoms with van der Waals surface area (Å²) in [7, 11) is 0. The maximum atomic E-state index is 12.6. The largest absolute Gasteiger partial charge is 0.454 e. The summed E-state index contributed by atoms with van der Waals surface area (Å²) < 4.78 is 10.5. The molecule has 0 spiro atoms. The molecule has 1 fully saturated rings. The van der Waals surface area contributed by atoms with Crippen molar-refractivity contribution in [3.8, 4) is 11.5 Å². The van der Waals surface area contributed by atoms with Crippen LogP contribution in [0.1, 0.15) is 42.6 Å². The summed E-state index contributed by atoms with van der Waals surface area (Å²) in [6, 6.07) is 13.3. The van der Waals surface area contributed by atoms with E-state index < -0.39 is 29.8 Å². The lowest BCUT2D eigenvalue weighted by molar-refractivity contribution is -0.128. The van der Waals surface area contributed by atoms with Crippen molar-refractivity contribution in [2.75, 3.05) is 19.9 Å². The van der Waals surface area contributed by atoms with Gasteiger partial charge in [0, 0.05) is 18.0 Å². The number of benzene rings is 2. The van der Waals surface area contributed by atoms with Crippen LogP contribution in [0.15, 0.2) is 48.5 Å². The first-order chi connectivity index (χ1) is 19.2. The summed E-state index contributed by atoms with van der Waals surface area (Å²) in [5.41, 5.74) is 1.63. The van der Waals surface area contributed by atoms with E-state index in [1.54, 1.807) is 26.0 Å². The predicted molar refractivity (Wildman–Crippen MR) is 147 cm³/mol. The standard InChI is InChI=1S/C22H28N4O7.C7H8/c1-12(2)19(26-21(30)13-3-4-16-17(8-13)33-11-32-16)22(31)24-9-18(28)25-15(10-27)7-14-5-6-23-20(14)29;1-7-5-3-2-4-6-7/h3-4,8,10,12,14-15,19H,5-7,9,11H2,1-2H3,(H,23,29)(H,24,31)(H,25,28)(H,26,30);2-6H,1H3. The lowest BCUT2D eigenvalue weighted by atomic mass is 9.99. The van der Waals surface area contributed by atoms with Crippen molar-refractivity contribution < 1.29 is 33.4 Å². The van der Waals surface area contributed by atoms with Gasteiger partial charge in [0.15, 0.2) is 11.5 Å². The van der Waals surface area contributed by atoms with Gasteiger partial charge in [-0.3, -0.25) is 19.2 Å². The summed E-state index contributed by atoms with van der Waals surface area (Å²) in [6.45, 7) is 5.87. The predicted octanol–water partition coefficient (Wildman–Crippen LogP) is 1.49. The lowest BCUT2D eigenvalue weighted by Crippen LogP contribution is -2.52. The Balaban J connectivity index is 0.000000547. The van der Waals surface area contributed by atoms with Crippen LogP contribution in [0.4, 0.5) is 0 Å². The zero-order valence-corrected chi connectivity index (χ0v) is 22.9. The van der Waals surface area contributed by atoms with E-state index in [4.69, 9.17) is 9.47 Å². The van der Waals surface area contributed by atoms with Gasteiger partial charge in [0.05, 0.1) is 12.6 Å². The lowest BCUT2D eigenvalue weighted by Gasteiger charge is -2.22. The molecular formula is C29H36N4O7. The maximum absolute atomic E-state index is 12.6. The molecule has 2 aromatic carbocycles. The molecule has 40 heavy (non-hydrogen) atoms. The quantitative estimate of drug-likeness (QED) is 0.326. The highest BCUT2D eigenvalue weighted by molar-refractivity contribution is 5.98. The molecule has 1 saturated heterocycles. The van der Waals surface area contributed by atoms with Gasteiger partial charge in [0.1, 0.15) is 12.3 Å². The molecule has 3 unspecified atom stereocenters. The second-order valence-electron chi connectivity index (χ2n) is 9.96. The Morgan fingerprint density at radius 3 is 2.38 bits per heavy atom. The summed E-state index contributed by atoms with van der Waals surface area (Å²) in [5, 5.41) is 10.4. The van der Waals surface area contributed by atoms with Crippen LogP contribution in [0, 0.1) is 18.8 Å². The Kier molecular flexibility index (Phi) is 11.0. The van der Waals surface area contributed by atoms with Gasteiger partial charge in [-0.05, 0) is 43.9 Å². The second kappa shape index (κ2) is 14.7. The van der Waals surface area contributed by atoms with Gasteiger partial charge in [-0.1, -0.05) is 49.7 Å². The molecule has 2 heterocycles. The van der Waals surface area contributed by atoms with E-state index in [-0.39, 0.29) is 37.5 Å². The van der Waals surface area contributed by atoms with E-state index in [0.29, 0.717) is 36.3 Å². The number of hydrogen-bond donors (Lipinski definition) is 4. The Morgan fingerprint density at radius 2 is 1.77 bits per heavy atom. The normalized spacial score (nSPS) is 16.6. The van der Waals surface area contributed by atoms with Crippen LogP contribution in [0.5, 0.6) is 11.5 Å². The van der Waals surface area contributed by atoms with Gasteiger partial charge in [-0.15, -0.1) is 0 Å². The number of nitrogens with one attached hydrogen (secondary N) is 4. The van der Waals surface area contributed by atoms with Crippen LogP contribution < -0.4 is 30.7 Å². The fraction of sp³-hybridized carbons (Fsp3) is 0.414. The summed E-state index contributed by atoms with van der Waals surface area (Å²) in [4.78, 5) is 60.5. The number of aldehydes is 1. The van der Waals surface area contributed by atoms with E-state index in [1.165, 1.54) is 11.6 Å². The van der Waals surface area contributed by atoms with Crippen molar-refractivity contribution >= 4 is 29.9 Å². The first-order valence-corrected chi connectivity index (χ1v) is 13.2. The molecule has 2 aliphatic rings. The molecule has 2 aromatic rings. The van der Waals surface area contributed by atoms with E-state index in [2.05, 4.69) is 40.3 Å². The smallest absolute Gasteiger partial charge is 0.252 e. The molecule has 0 radical (unpaired) electrons. The zero-order valence-electron chi connectivity index (χ0n) is 22.9. The van der Waals surface area contributed by atoms with Crippen molar-refractivity contribution in [3.05, 3.63) is 59.7 Å². The van der Waals surface area contributed by atoms with E-state index >= 15 is 0 Å². The van der Waals surface area contributed by atoms with E-state index in [9.17, 15) is 24.0 Å². The molecule has 0 saturated carbocycles. The number of amides is 4. The van der Waals surface area contributed by atoms with Gasteiger partial charge in [0.25, 0.3) is 5.91 Å². The molecule has 4 rings (SSSR count). The summed E-state index contributed by atoms with van der Waals surface area (Å²) in [6.07, 6.45) is 1.39. The Labute approximate surface area is 233 Å². The number of aryl methyl sites for hydroxylation is 1. The minimum Gasteiger partial charge on any atom is -0.454 e. The number of carbonyl (C=O) groups excluding carboxylic acids is 5. The van der Waals surface area contributed by atoms with Gasteiger partial charge in [0.2, 0.25) is 24.5 Å². The third-order valence-electron chi connectivity index (χ3n) is 6.45. The summed E-state index contributed by atoms with van der Waals surface area (Å²) in [5.74, 6) is -1.30. The van der Waals surface area contributed by atoms with E-state index in [0.717, 1.165) is 0 Å². The van der Waals surface area contributed by atoms with Crippen molar-refractivity contribution in [1.82, 2.24) is 21.3 Å². The molecular weight excluding hydrogens is 516 g/mol. The Hall–Kier alpha value is -4.41. The molecule has 0 aliphatic carbocycles. The van der Waals surface area contributed by atoms with Crippen LogP contribution in [0.2, 0.25) is 0 Å². The van der Waals surface area contributed by atoms with Crippen LogP contribution >= 0.6 is 0 Å². The molecule has 11 nitrogen and oxygen atoms in total. The third kappa shape index (κ3) is 8.82. The Morgan fingerprint density at radius 1 is 1.05 bits per heavy atom. The highest BCUT2D eigenvalue weighted by Crippen LogP contribution is 2.32. The minimum atomic E-state index is -0.889. The number of ether oxygens (including phenoxy) is 2. The van der Waals surface area contributed by atoms with Crippen molar-refractivity contribution in [3.63, 3.8) is 0 Å². The first-order valence-electron chi connectivity index (χ1n) is 13.2. The molecule has 4 N–H and O–H groups in total. The van der Waals surface area contributed by atoms with Crippen LogP contribution in [-0.4, -0.2) is 61.9 Å². The third-order valence-corrected chi connectivity index (χ3v) is 6.45. The zero-order chi connectivity index (χ0) is 29.1. The topological polar surface area (TPSA) is 152 Å². The first kappa shape index (κ1) is 30.1. The molecule has 214 valence electrons. The molecule has 2 aliphatic heterocycles. The average Bonchev–Trinajstić information content (AvgIpc) is 3.58. The number of fused-ring (bicyclic) bond motifs is 1. The molecule has 0 bridgehead atoms. The van der Waals surface area contributed by atoms with Crippen LogP contribution in [-0.2, 0) is 19.2 Å². The fourth-order valence-electron chi connectivity index (χ4n) is 4.19. The van der Waals surface area contributed by atoms with E-state index in [1.807, 2.05) is 18.2 Å². The van der Waals surface area contributed by atoms with Gasteiger partial charge in [-0.25, -0.2) is 0 Å². The second-order valence-corrected chi connectivity index (χ2v) is 9.96. The molecule has 0 aromatic heterocycles.